The fraction of sp³-hybridized carbons (Fsp3) is 0.114. The first-order chi connectivity index (χ1) is 24.5. The van der Waals surface area contributed by atoms with Crippen LogP contribution in [0.1, 0.15) is 33.6 Å². The molecule has 15 nitrogen and oxygen atoms in total. The Balaban J connectivity index is 1.10. The lowest BCUT2D eigenvalue weighted by atomic mass is 9.85. The second kappa shape index (κ2) is 14.0. The van der Waals surface area contributed by atoms with Gasteiger partial charge in [0.05, 0.1) is 11.4 Å². The third kappa shape index (κ3) is 8.13. The van der Waals surface area contributed by atoms with E-state index in [1.54, 1.807) is 0 Å². The quantitative estimate of drug-likeness (QED) is 0.306. The number of urea groups is 1. The molecule has 0 spiro atoms. The molecule has 4 aliphatic rings. The number of fused-ring (bicyclic) bond motifs is 2. The average molecular weight is 743 g/mol. The van der Waals surface area contributed by atoms with Crippen LogP contribution in [-0.2, 0) is 29.8 Å². The Bertz CT molecular complexity index is 2260. The van der Waals surface area contributed by atoms with Crippen LogP contribution >= 0.6 is 0 Å². The molecule has 4 aliphatic carbocycles. The third-order valence-corrected chi connectivity index (χ3v) is 9.98. The van der Waals surface area contributed by atoms with Gasteiger partial charge in [-0.15, -0.1) is 0 Å². The molecule has 4 N–H and O–H groups in total. The number of allylic oxidation sites excluding steroid dienone is 12. The van der Waals surface area contributed by atoms with Gasteiger partial charge in [-0.25, -0.2) is 14.8 Å². The molecule has 0 radical (unpaired) electrons. The zero-order valence-corrected chi connectivity index (χ0v) is 28.2. The molecule has 0 aliphatic heterocycles. The van der Waals surface area contributed by atoms with E-state index in [-0.39, 0.29) is 58.3 Å². The molecule has 0 fully saturated rings. The molecule has 0 heterocycles. The Morgan fingerprint density at radius 2 is 0.981 bits per heavy atom. The molecule has 2 aromatic rings. The zero-order valence-electron chi connectivity index (χ0n) is 26.6. The van der Waals surface area contributed by atoms with Crippen molar-refractivity contribution in [1.29, 1.82) is 0 Å². The lowest BCUT2D eigenvalue weighted by Gasteiger charge is -2.22. The van der Waals surface area contributed by atoms with Crippen molar-refractivity contribution < 1.29 is 49.9 Å². The van der Waals surface area contributed by atoms with Gasteiger partial charge in [-0.1, -0.05) is 24.3 Å². The number of hydrogen-bond acceptors (Lipinski definition) is 9. The highest BCUT2D eigenvalue weighted by molar-refractivity contribution is 7.91. The van der Waals surface area contributed by atoms with Gasteiger partial charge >= 0.3 is 6.03 Å². The summed E-state index contributed by atoms with van der Waals surface area (Å²) in [4.78, 5) is 68.7. The van der Waals surface area contributed by atoms with Gasteiger partial charge < -0.3 is 10.6 Å². The van der Waals surface area contributed by atoms with Crippen LogP contribution in [0.4, 0.5) is 16.2 Å². The number of anilines is 2. The van der Waals surface area contributed by atoms with Gasteiger partial charge in [0, 0.05) is 47.2 Å². The Morgan fingerprint density at radius 3 is 1.33 bits per heavy atom. The fourth-order valence-corrected chi connectivity index (χ4v) is 7.05. The SMILES string of the molecule is O=C1C=CC2C=C(S(=O)(=O)O)C(=NC(=O)c3ccc(NC(=O)Nc4ccc(C(=O)N=C5C=C6CC(=O)C=CC6C=C5S(=O)(=O)O)cc4)cc3)C=C2C1. The molecule has 0 saturated heterocycles. The first-order valence-electron chi connectivity index (χ1n) is 15.3. The van der Waals surface area contributed by atoms with Crippen molar-refractivity contribution in [2.75, 3.05) is 10.6 Å². The summed E-state index contributed by atoms with van der Waals surface area (Å²) in [6, 6.07) is 10.2. The Hall–Kier alpha value is -6.01. The number of rotatable bonds is 6. The van der Waals surface area contributed by atoms with Crippen molar-refractivity contribution in [3.63, 3.8) is 0 Å². The van der Waals surface area contributed by atoms with Gasteiger partial charge in [0.1, 0.15) is 9.81 Å². The van der Waals surface area contributed by atoms with Crippen molar-refractivity contribution in [2.24, 2.45) is 21.8 Å². The van der Waals surface area contributed by atoms with Crippen LogP contribution in [0, 0.1) is 11.8 Å². The molecule has 264 valence electrons. The number of nitrogens with one attached hydrogen (secondary N) is 2. The highest BCUT2D eigenvalue weighted by Gasteiger charge is 2.31. The smallest absolute Gasteiger partial charge is 0.308 e. The molecule has 2 aromatic carbocycles. The van der Waals surface area contributed by atoms with Crippen LogP contribution in [0.2, 0.25) is 0 Å². The highest BCUT2D eigenvalue weighted by Crippen LogP contribution is 2.32. The largest absolute Gasteiger partial charge is 0.323 e. The van der Waals surface area contributed by atoms with Crippen LogP contribution in [0.15, 0.2) is 128 Å². The molecule has 2 atom stereocenters. The van der Waals surface area contributed by atoms with Gasteiger partial charge in [-0.05, 0) is 84.0 Å². The van der Waals surface area contributed by atoms with Crippen LogP contribution in [0.5, 0.6) is 0 Å². The van der Waals surface area contributed by atoms with Crippen molar-refractivity contribution >= 4 is 72.4 Å². The molecular formula is C35H26N4O11S2. The topological polar surface area (TPSA) is 243 Å². The minimum atomic E-state index is -4.74. The molecular weight excluding hydrogens is 717 g/mol. The van der Waals surface area contributed by atoms with Crippen molar-refractivity contribution in [1.82, 2.24) is 0 Å². The Morgan fingerprint density at radius 1 is 0.615 bits per heavy atom. The van der Waals surface area contributed by atoms with Crippen LogP contribution in [0.25, 0.3) is 0 Å². The zero-order chi connectivity index (χ0) is 37.4. The Labute approximate surface area is 296 Å². The van der Waals surface area contributed by atoms with E-state index in [1.165, 1.54) is 97.1 Å². The molecule has 0 saturated carbocycles. The molecule has 0 aromatic heterocycles. The van der Waals surface area contributed by atoms with Gasteiger partial charge in [0.2, 0.25) is 0 Å². The van der Waals surface area contributed by atoms with Crippen LogP contribution in [-0.4, -0.2) is 66.8 Å². The predicted octanol–water partition coefficient (Wildman–Crippen LogP) is 4.21. The van der Waals surface area contributed by atoms with Crippen molar-refractivity contribution in [3.8, 4) is 0 Å². The van der Waals surface area contributed by atoms with Gasteiger partial charge in [0.15, 0.2) is 11.6 Å². The normalized spacial score (nSPS) is 21.3. The lowest BCUT2D eigenvalue weighted by molar-refractivity contribution is -0.115. The summed E-state index contributed by atoms with van der Waals surface area (Å²) in [7, 11) is -9.49. The van der Waals surface area contributed by atoms with E-state index in [0.29, 0.717) is 11.1 Å². The molecule has 6 rings (SSSR count). The third-order valence-electron chi connectivity index (χ3n) is 8.18. The summed E-state index contributed by atoms with van der Waals surface area (Å²) in [5.74, 6) is -3.18. The van der Waals surface area contributed by atoms with E-state index in [1.807, 2.05) is 0 Å². The summed E-state index contributed by atoms with van der Waals surface area (Å²) in [5, 5.41) is 5.12. The summed E-state index contributed by atoms with van der Waals surface area (Å²) in [6.07, 6.45) is 10.6. The number of benzene rings is 2. The first kappa shape index (κ1) is 35.8. The van der Waals surface area contributed by atoms with Crippen LogP contribution < -0.4 is 10.6 Å². The monoisotopic (exact) mass is 742 g/mol. The maximum absolute atomic E-state index is 12.9. The molecule has 0 bridgehead atoms. The molecule has 52 heavy (non-hydrogen) atoms. The maximum Gasteiger partial charge on any atom is 0.323 e. The predicted molar refractivity (Wildman–Crippen MR) is 189 cm³/mol. The number of ketones is 2. The van der Waals surface area contributed by atoms with Gasteiger partial charge in [0.25, 0.3) is 32.1 Å². The number of hydrogen-bond donors (Lipinski definition) is 4. The summed E-state index contributed by atoms with van der Waals surface area (Å²) in [5.41, 5.74) is 0.996. The first-order valence-corrected chi connectivity index (χ1v) is 18.2. The summed E-state index contributed by atoms with van der Waals surface area (Å²) >= 11 is 0. The maximum atomic E-state index is 12.9. The number of nitrogens with zero attached hydrogens (tertiary/aromatic N) is 2. The summed E-state index contributed by atoms with van der Waals surface area (Å²) in [6.45, 7) is 0. The molecule has 2 unspecified atom stereocenters. The van der Waals surface area contributed by atoms with Crippen molar-refractivity contribution in [3.05, 3.63) is 129 Å². The standard InChI is InChI=1S/C35H26N4O11S2/c40-27-11-5-21-17-31(51(45,46)47)29(15-23(21)13-27)38-33(42)19-1-7-25(8-2-19)36-35(44)37-26-9-3-20(4-10-26)34(43)39-30-16-24-14-28(41)12-6-22(24)18-32(30)52(48,49)50/h1-12,15-18,21-22H,13-14H2,(H2,36,37,44)(H,45,46,47)(H,48,49,50). The average Bonchev–Trinajstić information content (AvgIpc) is 3.07. The summed E-state index contributed by atoms with van der Waals surface area (Å²) < 4.78 is 67.5. The van der Waals surface area contributed by atoms with E-state index in [2.05, 4.69) is 20.6 Å². The van der Waals surface area contributed by atoms with E-state index in [9.17, 15) is 49.9 Å². The lowest BCUT2D eigenvalue weighted by Crippen LogP contribution is -2.22. The number of carbonyl (C=O) groups is 5. The minimum absolute atomic E-state index is 0.00393. The Kier molecular flexibility index (Phi) is 9.61. The van der Waals surface area contributed by atoms with E-state index < -0.39 is 59.7 Å². The van der Waals surface area contributed by atoms with Gasteiger partial charge in [-0.3, -0.25) is 28.3 Å². The minimum Gasteiger partial charge on any atom is -0.308 e. The second-order valence-corrected chi connectivity index (χ2v) is 14.6. The van der Waals surface area contributed by atoms with E-state index >= 15 is 0 Å². The second-order valence-electron chi connectivity index (χ2n) is 11.8. The number of carbonyl (C=O) groups excluding carboxylic acids is 5. The number of aliphatic imine (C=N–C) groups is 2. The van der Waals surface area contributed by atoms with Crippen molar-refractivity contribution in [2.45, 2.75) is 12.8 Å². The molecule has 17 heteroatoms. The fourth-order valence-electron chi connectivity index (χ4n) is 5.68. The van der Waals surface area contributed by atoms with Crippen LogP contribution in [0.3, 0.4) is 0 Å². The van der Waals surface area contributed by atoms with Gasteiger partial charge in [-0.2, -0.15) is 16.8 Å². The molecule has 4 amide bonds. The van der Waals surface area contributed by atoms with E-state index in [0.717, 1.165) is 0 Å². The number of amides is 4. The highest BCUT2D eigenvalue weighted by atomic mass is 32.2. The van der Waals surface area contributed by atoms with E-state index in [4.69, 9.17) is 0 Å².